The van der Waals surface area contributed by atoms with E-state index in [9.17, 15) is 0 Å². The van der Waals surface area contributed by atoms with Crippen molar-refractivity contribution in [2.24, 2.45) is 0 Å². The van der Waals surface area contributed by atoms with Gasteiger partial charge in [0.15, 0.2) is 0 Å². The second kappa shape index (κ2) is 6.87. The molecule has 0 atom stereocenters. The lowest BCUT2D eigenvalue weighted by Gasteiger charge is -2.09. The molecule has 0 radical (unpaired) electrons. The Morgan fingerprint density at radius 3 is 1.50 bits per heavy atom. The SMILES string of the molecule is COc1ccc(C(=CC=S)c2ccc(OC)cc2)cc1. The van der Waals surface area contributed by atoms with Crippen LogP contribution in [0.4, 0.5) is 0 Å². The van der Waals surface area contributed by atoms with E-state index in [2.05, 4.69) is 0 Å². The summed E-state index contributed by atoms with van der Waals surface area (Å²) in [4.78, 5) is 0. The molecule has 3 heteroatoms. The van der Waals surface area contributed by atoms with E-state index in [-0.39, 0.29) is 0 Å². The van der Waals surface area contributed by atoms with Gasteiger partial charge in [-0.05, 0) is 47.0 Å². The molecule has 0 N–H and O–H groups in total. The van der Waals surface area contributed by atoms with Crippen LogP contribution in [0.15, 0.2) is 54.6 Å². The quantitative estimate of drug-likeness (QED) is 0.607. The van der Waals surface area contributed by atoms with Gasteiger partial charge in [-0.3, -0.25) is 0 Å². The van der Waals surface area contributed by atoms with Crippen LogP contribution in [0.2, 0.25) is 0 Å². The zero-order valence-electron chi connectivity index (χ0n) is 11.5. The van der Waals surface area contributed by atoms with Gasteiger partial charge in [-0.1, -0.05) is 36.5 Å². The van der Waals surface area contributed by atoms with Gasteiger partial charge >= 0.3 is 0 Å². The first kappa shape index (κ1) is 14.3. The van der Waals surface area contributed by atoms with Crippen molar-refractivity contribution in [3.05, 3.63) is 65.7 Å². The summed E-state index contributed by atoms with van der Waals surface area (Å²) < 4.78 is 10.4. The van der Waals surface area contributed by atoms with Gasteiger partial charge in [0.25, 0.3) is 0 Å². The van der Waals surface area contributed by atoms with Gasteiger partial charge in [-0.15, -0.1) is 0 Å². The number of hydrogen-bond donors (Lipinski definition) is 0. The second-order valence-electron chi connectivity index (χ2n) is 4.17. The standard InChI is InChI=1S/C17H16O2S/c1-18-15-7-3-13(4-8-15)17(11-12-20)14-5-9-16(19-2)10-6-14/h3-12H,1-2H3. The molecule has 0 aliphatic heterocycles. The van der Waals surface area contributed by atoms with Crippen LogP contribution in [0.1, 0.15) is 11.1 Å². The molecular weight excluding hydrogens is 268 g/mol. The molecule has 0 aliphatic rings. The van der Waals surface area contributed by atoms with E-state index in [1.807, 2.05) is 54.6 Å². The minimum Gasteiger partial charge on any atom is -0.497 e. The maximum atomic E-state index is 5.18. The van der Waals surface area contributed by atoms with Crippen molar-refractivity contribution >= 4 is 23.2 Å². The molecule has 0 saturated carbocycles. The van der Waals surface area contributed by atoms with Crippen LogP contribution in [0.25, 0.3) is 5.57 Å². The van der Waals surface area contributed by atoms with Gasteiger partial charge in [0.2, 0.25) is 0 Å². The molecule has 0 bridgehead atoms. The number of ether oxygens (including phenoxy) is 2. The summed E-state index contributed by atoms with van der Waals surface area (Å²) in [7, 11) is 3.32. The maximum Gasteiger partial charge on any atom is 0.118 e. The van der Waals surface area contributed by atoms with Gasteiger partial charge in [-0.25, -0.2) is 0 Å². The molecule has 0 aliphatic carbocycles. The Hall–Kier alpha value is -2.13. The molecule has 2 aromatic carbocycles. The van der Waals surface area contributed by atoms with Crippen LogP contribution in [0, 0.1) is 0 Å². The van der Waals surface area contributed by atoms with E-state index in [4.69, 9.17) is 21.7 Å². The second-order valence-corrected chi connectivity index (χ2v) is 4.45. The molecule has 0 amide bonds. The molecule has 2 aromatic rings. The fourth-order valence-electron chi connectivity index (χ4n) is 1.97. The first-order valence-corrected chi connectivity index (χ1v) is 6.70. The molecule has 0 saturated heterocycles. The maximum absolute atomic E-state index is 5.18. The Kier molecular flexibility index (Phi) is 4.91. The summed E-state index contributed by atoms with van der Waals surface area (Å²) in [5.74, 6) is 1.68. The lowest BCUT2D eigenvalue weighted by Crippen LogP contribution is -1.90. The van der Waals surface area contributed by atoms with Crippen molar-refractivity contribution in [2.75, 3.05) is 14.2 Å². The summed E-state index contributed by atoms with van der Waals surface area (Å²) in [6.07, 6.45) is 1.93. The number of benzene rings is 2. The van der Waals surface area contributed by atoms with Gasteiger partial charge in [-0.2, -0.15) is 0 Å². The fourth-order valence-corrected chi connectivity index (χ4v) is 2.10. The average molecular weight is 284 g/mol. The van der Waals surface area contributed by atoms with Gasteiger partial charge in [0.1, 0.15) is 11.5 Å². The average Bonchev–Trinajstić information content (AvgIpc) is 2.53. The summed E-state index contributed by atoms with van der Waals surface area (Å²) in [6.45, 7) is 0. The van der Waals surface area contributed by atoms with Gasteiger partial charge in [0.05, 0.1) is 14.2 Å². The molecule has 102 valence electrons. The Balaban J connectivity index is 2.39. The van der Waals surface area contributed by atoms with Gasteiger partial charge in [0, 0.05) is 5.37 Å². The number of thiocarbonyl (C=S) groups is 1. The summed E-state index contributed by atoms with van der Waals surface area (Å²) in [5, 5.41) is 1.63. The highest BCUT2D eigenvalue weighted by Crippen LogP contribution is 2.26. The Labute approximate surface area is 124 Å². The van der Waals surface area contributed by atoms with Crippen molar-refractivity contribution in [2.45, 2.75) is 0 Å². The Bertz CT molecular complexity index is 548. The smallest absolute Gasteiger partial charge is 0.118 e. The molecule has 0 aromatic heterocycles. The first-order chi connectivity index (χ1) is 9.78. The predicted molar refractivity (Wildman–Crippen MR) is 86.7 cm³/mol. The highest BCUT2D eigenvalue weighted by atomic mass is 32.1. The largest absolute Gasteiger partial charge is 0.497 e. The fraction of sp³-hybridized carbons (Fsp3) is 0.118. The minimum atomic E-state index is 0.838. The van der Waals surface area contributed by atoms with Gasteiger partial charge < -0.3 is 9.47 Å². The molecule has 0 heterocycles. The molecule has 0 spiro atoms. The normalized spacial score (nSPS) is 9.70. The van der Waals surface area contributed by atoms with Crippen molar-refractivity contribution < 1.29 is 9.47 Å². The Morgan fingerprint density at radius 2 is 1.20 bits per heavy atom. The number of methoxy groups -OCH3 is 2. The predicted octanol–water partition coefficient (Wildman–Crippen LogP) is 4.14. The molecule has 2 rings (SSSR count). The third-order valence-corrected chi connectivity index (χ3v) is 3.17. The lowest BCUT2D eigenvalue weighted by atomic mass is 9.97. The summed E-state index contributed by atoms with van der Waals surface area (Å²) >= 11 is 4.97. The van der Waals surface area contributed by atoms with Crippen LogP contribution in [-0.4, -0.2) is 19.6 Å². The topological polar surface area (TPSA) is 18.5 Å². The summed E-state index contributed by atoms with van der Waals surface area (Å²) in [6, 6.07) is 15.8. The third-order valence-electron chi connectivity index (χ3n) is 3.04. The van der Waals surface area contributed by atoms with E-state index in [0.717, 1.165) is 28.2 Å². The highest BCUT2D eigenvalue weighted by molar-refractivity contribution is 7.79. The van der Waals surface area contributed by atoms with E-state index < -0.39 is 0 Å². The monoisotopic (exact) mass is 284 g/mol. The minimum absolute atomic E-state index is 0.838. The van der Waals surface area contributed by atoms with E-state index in [1.54, 1.807) is 19.6 Å². The molecular formula is C17H16O2S. The van der Waals surface area contributed by atoms with Crippen LogP contribution >= 0.6 is 12.2 Å². The summed E-state index contributed by atoms with van der Waals surface area (Å²) in [5.41, 5.74) is 3.26. The molecule has 20 heavy (non-hydrogen) atoms. The van der Waals surface area contributed by atoms with E-state index in [1.165, 1.54) is 0 Å². The molecule has 0 fully saturated rings. The van der Waals surface area contributed by atoms with E-state index >= 15 is 0 Å². The molecule has 2 nitrogen and oxygen atoms in total. The zero-order chi connectivity index (χ0) is 14.4. The highest BCUT2D eigenvalue weighted by Gasteiger charge is 2.05. The van der Waals surface area contributed by atoms with Crippen molar-refractivity contribution in [3.63, 3.8) is 0 Å². The van der Waals surface area contributed by atoms with Crippen molar-refractivity contribution in [1.82, 2.24) is 0 Å². The third kappa shape index (κ3) is 3.25. The molecule has 0 unspecified atom stereocenters. The Morgan fingerprint density at radius 1 is 0.800 bits per heavy atom. The number of hydrogen-bond acceptors (Lipinski definition) is 3. The number of rotatable bonds is 5. The lowest BCUT2D eigenvalue weighted by molar-refractivity contribution is 0.414. The zero-order valence-corrected chi connectivity index (χ0v) is 12.3. The van der Waals surface area contributed by atoms with Crippen LogP contribution in [-0.2, 0) is 0 Å². The van der Waals surface area contributed by atoms with Crippen LogP contribution < -0.4 is 9.47 Å². The van der Waals surface area contributed by atoms with Crippen LogP contribution in [0.5, 0.6) is 11.5 Å². The van der Waals surface area contributed by atoms with Crippen molar-refractivity contribution in [1.29, 1.82) is 0 Å². The van der Waals surface area contributed by atoms with Crippen molar-refractivity contribution in [3.8, 4) is 11.5 Å². The number of allylic oxidation sites excluding steroid dienone is 1. The van der Waals surface area contributed by atoms with E-state index in [0.29, 0.717) is 0 Å². The van der Waals surface area contributed by atoms with Crippen LogP contribution in [0.3, 0.4) is 0 Å². The first-order valence-electron chi connectivity index (χ1n) is 6.23.